The molecule has 11 heteroatoms. The van der Waals surface area contributed by atoms with Gasteiger partial charge in [-0.15, -0.1) is 0 Å². The van der Waals surface area contributed by atoms with Gasteiger partial charge in [0.25, 0.3) is 0 Å². The van der Waals surface area contributed by atoms with Crippen molar-refractivity contribution in [2.45, 2.75) is 18.3 Å². The van der Waals surface area contributed by atoms with Gasteiger partial charge in [-0.2, -0.15) is 13.2 Å². The second kappa shape index (κ2) is 9.09. The fourth-order valence-corrected chi connectivity index (χ4v) is 0.765. The standard InChI is InChI=1S/C7H13NO5.C2HF3O2/c1-11-5(7(10)13-3)4(8)6(9)12-2;3-2(4,5)1(6)7/h4-5H,8H2,1-3H3;(H,6,7)/t4-,5+;/m0./s1. The Bertz CT molecular complexity index is 345. The first-order chi connectivity index (χ1) is 9.02. The highest BCUT2D eigenvalue weighted by Crippen LogP contribution is 2.13. The van der Waals surface area contributed by atoms with Crippen molar-refractivity contribution < 1.29 is 46.9 Å². The number of nitrogens with two attached hydrogens (primary N) is 1. The van der Waals surface area contributed by atoms with Gasteiger partial charge in [-0.05, 0) is 0 Å². The largest absolute Gasteiger partial charge is 0.490 e. The first kappa shape index (κ1) is 20.4. The van der Waals surface area contributed by atoms with E-state index in [1.807, 2.05) is 0 Å². The molecule has 2 atom stereocenters. The normalized spacial score (nSPS) is 13.3. The SMILES string of the molecule is COC(=O)[C@@H](N)[C@@H](OC)C(=O)OC.O=C(O)C(F)(F)F. The number of carbonyl (C=O) groups excluding carboxylic acids is 2. The Labute approximate surface area is 111 Å². The minimum absolute atomic E-state index is 0.708. The number of methoxy groups -OCH3 is 3. The number of aliphatic carboxylic acids is 1. The van der Waals surface area contributed by atoms with Crippen LogP contribution in [0, 0.1) is 0 Å². The summed E-state index contributed by atoms with van der Waals surface area (Å²) in [5.41, 5.74) is 5.36. The molecule has 0 rings (SSSR count). The zero-order chi connectivity index (χ0) is 16.5. The lowest BCUT2D eigenvalue weighted by Crippen LogP contribution is -2.48. The van der Waals surface area contributed by atoms with E-state index in [1.54, 1.807) is 0 Å². The van der Waals surface area contributed by atoms with Crippen LogP contribution in [0.15, 0.2) is 0 Å². The summed E-state index contributed by atoms with van der Waals surface area (Å²) in [6.45, 7) is 0. The Balaban J connectivity index is 0. The van der Waals surface area contributed by atoms with Gasteiger partial charge in [-0.3, -0.25) is 4.79 Å². The molecule has 0 unspecified atom stereocenters. The Morgan fingerprint density at radius 2 is 1.40 bits per heavy atom. The summed E-state index contributed by atoms with van der Waals surface area (Å²) >= 11 is 0. The second-order valence-electron chi connectivity index (χ2n) is 3.03. The van der Waals surface area contributed by atoms with Crippen molar-refractivity contribution >= 4 is 17.9 Å². The summed E-state index contributed by atoms with van der Waals surface area (Å²) in [5, 5.41) is 7.12. The van der Waals surface area contributed by atoms with E-state index >= 15 is 0 Å². The Morgan fingerprint density at radius 1 is 1.05 bits per heavy atom. The first-order valence-electron chi connectivity index (χ1n) is 4.77. The van der Waals surface area contributed by atoms with Crippen LogP contribution < -0.4 is 5.73 Å². The molecule has 0 spiro atoms. The minimum Gasteiger partial charge on any atom is -0.475 e. The van der Waals surface area contributed by atoms with E-state index in [2.05, 4.69) is 14.2 Å². The lowest BCUT2D eigenvalue weighted by Gasteiger charge is -2.17. The summed E-state index contributed by atoms with van der Waals surface area (Å²) in [6.07, 6.45) is -6.21. The molecule has 0 aliphatic carbocycles. The van der Waals surface area contributed by atoms with Gasteiger partial charge < -0.3 is 25.1 Å². The van der Waals surface area contributed by atoms with E-state index in [1.165, 1.54) is 21.3 Å². The monoisotopic (exact) mass is 305 g/mol. The number of carboxylic acids is 1. The van der Waals surface area contributed by atoms with Crippen molar-refractivity contribution in [2.75, 3.05) is 21.3 Å². The summed E-state index contributed by atoms with van der Waals surface area (Å²) in [4.78, 5) is 30.8. The summed E-state index contributed by atoms with van der Waals surface area (Å²) in [7, 11) is 3.61. The van der Waals surface area contributed by atoms with Crippen LogP contribution in [-0.2, 0) is 28.6 Å². The Hall–Kier alpha value is -1.88. The van der Waals surface area contributed by atoms with Crippen LogP contribution in [-0.4, -0.2) is 62.7 Å². The van der Waals surface area contributed by atoms with Crippen molar-refractivity contribution in [2.24, 2.45) is 5.73 Å². The maximum atomic E-state index is 11.0. The van der Waals surface area contributed by atoms with Crippen LogP contribution in [0.3, 0.4) is 0 Å². The van der Waals surface area contributed by atoms with E-state index in [4.69, 9.17) is 15.6 Å². The molecule has 118 valence electrons. The number of rotatable bonds is 4. The van der Waals surface area contributed by atoms with E-state index in [9.17, 15) is 22.8 Å². The van der Waals surface area contributed by atoms with Gasteiger partial charge in [0, 0.05) is 7.11 Å². The van der Waals surface area contributed by atoms with Crippen LogP contribution >= 0.6 is 0 Å². The zero-order valence-corrected chi connectivity index (χ0v) is 10.8. The van der Waals surface area contributed by atoms with E-state index in [0.717, 1.165) is 0 Å². The van der Waals surface area contributed by atoms with Gasteiger partial charge in [0.1, 0.15) is 6.04 Å². The number of hydrogen-bond acceptors (Lipinski definition) is 7. The second-order valence-corrected chi connectivity index (χ2v) is 3.03. The lowest BCUT2D eigenvalue weighted by atomic mass is 10.2. The molecule has 0 aromatic rings. The molecule has 0 aliphatic rings. The number of ether oxygens (including phenoxy) is 3. The number of esters is 2. The smallest absolute Gasteiger partial charge is 0.475 e. The Kier molecular flexibility index (Phi) is 9.29. The number of carbonyl (C=O) groups is 3. The highest BCUT2D eigenvalue weighted by Gasteiger charge is 2.38. The molecule has 0 radical (unpaired) electrons. The van der Waals surface area contributed by atoms with Gasteiger partial charge >= 0.3 is 24.1 Å². The molecule has 0 heterocycles. The van der Waals surface area contributed by atoms with E-state index in [-0.39, 0.29) is 0 Å². The highest BCUT2D eigenvalue weighted by atomic mass is 19.4. The average Bonchev–Trinajstić information content (AvgIpc) is 2.37. The van der Waals surface area contributed by atoms with Crippen LogP contribution in [0.5, 0.6) is 0 Å². The van der Waals surface area contributed by atoms with Crippen molar-refractivity contribution in [3.8, 4) is 0 Å². The quantitative estimate of drug-likeness (QED) is 0.654. The Morgan fingerprint density at radius 3 is 1.60 bits per heavy atom. The van der Waals surface area contributed by atoms with Crippen molar-refractivity contribution in [1.82, 2.24) is 0 Å². The molecule has 0 aromatic heterocycles. The molecule has 0 saturated heterocycles. The van der Waals surface area contributed by atoms with Crippen molar-refractivity contribution in [3.05, 3.63) is 0 Å². The summed E-state index contributed by atoms with van der Waals surface area (Å²) < 4.78 is 45.1. The molecule has 0 amide bonds. The maximum absolute atomic E-state index is 11.0. The van der Waals surface area contributed by atoms with Gasteiger partial charge in [-0.1, -0.05) is 0 Å². The number of hydrogen-bond donors (Lipinski definition) is 2. The topological polar surface area (TPSA) is 125 Å². The third-order valence-electron chi connectivity index (χ3n) is 1.73. The van der Waals surface area contributed by atoms with Gasteiger partial charge in [0.05, 0.1) is 14.2 Å². The number of halogens is 3. The summed E-state index contributed by atoms with van der Waals surface area (Å²) in [6, 6.07) is -1.16. The summed E-state index contributed by atoms with van der Waals surface area (Å²) in [5.74, 6) is -4.19. The van der Waals surface area contributed by atoms with Crippen LogP contribution in [0.4, 0.5) is 13.2 Å². The third-order valence-corrected chi connectivity index (χ3v) is 1.73. The zero-order valence-electron chi connectivity index (χ0n) is 10.8. The highest BCUT2D eigenvalue weighted by molar-refractivity contribution is 5.86. The van der Waals surface area contributed by atoms with Crippen LogP contribution in [0.2, 0.25) is 0 Å². The average molecular weight is 305 g/mol. The van der Waals surface area contributed by atoms with Crippen LogP contribution in [0.1, 0.15) is 0 Å². The van der Waals surface area contributed by atoms with Crippen LogP contribution in [0.25, 0.3) is 0 Å². The molecule has 0 saturated carbocycles. The number of carboxylic acid groups (broad SMARTS) is 1. The molecular formula is C9H14F3NO7. The fraction of sp³-hybridized carbons (Fsp3) is 0.667. The maximum Gasteiger partial charge on any atom is 0.490 e. The van der Waals surface area contributed by atoms with Gasteiger partial charge in [0.2, 0.25) is 0 Å². The molecule has 0 bridgehead atoms. The van der Waals surface area contributed by atoms with E-state index < -0.39 is 36.2 Å². The fourth-order valence-electron chi connectivity index (χ4n) is 0.765. The third kappa shape index (κ3) is 7.53. The molecule has 0 aromatic carbocycles. The molecule has 3 N–H and O–H groups in total. The first-order valence-corrected chi connectivity index (χ1v) is 4.77. The number of alkyl halides is 3. The molecular weight excluding hydrogens is 291 g/mol. The lowest BCUT2D eigenvalue weighted by molar-refractivity contribution is -0.192. The predicted molar refractivity (Wildman–Crippen MR) is 56.5 cm³/mol. The van der Waals surface area contributed by atoms with Gasteiger partial charge in [-0.25, -0.2) is 9.59 Å². The molecule has 8 nitrogen and oxygen atoms in total. The molecule has 20 heavy (non-hydrogen) atoms. The van der Waals surface area contributed by atoms with Crippen molar-refractivity contribution in [1.29, 1.82) is 0 Å². The van der Waals surface area contributed by atoms with E-state index in [0.29, 0.717) is 0 Å². The van der Waals surface area contributed by atoms with Crippen molar-refractivity contribution in [3.63, 3.8) is 0 Å². The van der Waals surface area contributed by atoms with Gasteiger partial charge in [0.15, 0.2) is 6.10 Å². The molecule has 0 aliphatic heterocycles. The minimum atomic E-state index is -5.08. The predicted octanol–water partition coefficient (Wildman–Crippen LogP) is -0.692. The molecule has 0 fully saturated rings.